The minimum atomic E-state index is 0.0592. The Morgan fingerprint density at radius 3 is 3.10 bits per heavy atom. The number of methoxy groups -OCH3 is 1. The molecule has 1 aromatic carbocycles. The second-order valence-corrected chi connectivity index (χ2v) is 5.68. The normalized spacial score (nSPS) is 10.7. The molecule has 1 aromatic heterocycles. The van der Waals surface area contributed by atoms with E-state index >= 15 is 0 Å². The zero-order chi connectivity index (χ0) is 14.4. The molecule has 0 fully saturated rings. The topological polar surface area (TPSA) is 67.0 Å². The number of nitrogens with zero attached hydrogens (tertiary/aromatic N) is 1. The highest BCUT2D eigenvalue weighted by atomic mass is 32.2. The number of hydrogen-bond donors (Lipinski definition) is 2. The third-order valence-corrected chi connectivity index (χ3v) is 3.77. The van der Waals surface area contributed by atoms with E-state index in [4.69, 9.17) is 4.74 Å². The van der Waals surface area contributed by atoms with Crippen LogP contribution in [0.15, 0.2) is 18.2 Å². The van der Waals surface area contributed by atoms with E-state index < -0.39 is 0 Å². The van der Waals surface area contributed by atoms with Crippen molar-refractivity contribution in [2.75, 3.05) is 18.6 Å². The summed E-state index contributed by atoms with van der Waals surface area (Å²) in [6.45, 7) is 2.51. The molecule has 20 heavy (non-hydrogen) atoms. The maximum Gasteiger partial charge on any atom is 0.221 e. The van der Waals surface area contributed by atoms with Gasteiger partial charge in [0.05, 0.1) is 24.7 Å². The summed E-state index contributed by atoms with van der Waals surface area (Å²) in [6, 6.07) is 5.66. The highest BCUT2D eigenvalue weighted by molar-refractivity contribution is 7.99. The number of nitrogens with one attached hydrogen (secondary N) is 2. The number of rotatable bonds is 7. The van der Waals surface area contributed by atoms with Gasteiger partial charge in [0.15, 0.2) is 0 Å². The molecule has 0 unspecified atom stereocenters. The molecule has 0 saturated heterocycles. The van der Waals surface area contributed by atoms with Crippen molar-refractivity contribution in [3.63, 3.8) is 0 Å². The van der Waals surface area contributed by atoms with Gasteiger partial charge < -0.3 is 15.0 Å². The molecule has 108 valence electrons. The van der Waals surface area contributed by atoms with Crippen molar-refractivity contribution in [2.24, 2.45) is 0 Å². The third-order valence-electron chi connectivity index (χ3n) is 2.87. The van der Waals surface area contributed by atoms with Crippen LogP contribution in [0.4, 0.5) is 0 Å². The van der Waals surface area contributed by atoms with Crippen molar-refractivity contribution in [1.29, 1.82) is 0 Å². The highest BCUT2D eigenvalue weighted by Crippen LogP contribution is 2.18. The molecular formula is C14H19N3O2S. The molecule has 5 nitrogen and oxygen atoms in total. The van der Waals surface area contributed by atoms with Crippen LogP contribution in [-0.2, 0) is 11.3 Å². The third kappa shape index (κ3) is 3.90. The van der Waals surface area contributed by atoms with Crippen molar-refractivity contribution in [2.45, 2.75) is 19.9 Å². The van der Waals surface area contributed by atoms with Crippen LogP contribution >= 0.6 is 11.8 Å². The molecule has 0 atom stereocenters. The second-order valence-electron chi connectivity index (χ2n) is 4.29. The Balaban J connectivity index is 1.91. The van der Waals surface area contributed by atoms with E-state index in [0.29, 0.717) is 13.0 Å². The highest BCUT2D eigenvalue weighted by Gasteiger charge is 2.06. The minimum Gasteiger partial charge on any atom is -0.497 e. The van der Waals surface area contributed by atoms with E-state index in [-0.39, 0.29) is 5.91 Å². The van der Waals surface area contributed by atoms with E-state index in [2.05, 4.69) is 22.2 Å². The Hall–Kier alpha value is -1.69. The van der Waals surface area contributed by atoms with Crippen molar-refractivity contribution in [3.05, 3.63) is 24.0 Å². The Morgan fingerprint density at radius 1 is 1.50 bits per heavy atom. The molecule has 0 spiro atoms. The first-order valence-electron chi connectivity index (χ1n) is 6.60. The van der Waals surface area contributed by atoms with Crippen LogP contribution in [0.25, 0.3) is 11.0 Å². The predicted octanol–water partition coefficient (Wildman–Crippen LogP) is 2.33. The molecule has 0 aliphatic carbocycles. The zero-order valence-corrected chi connectivity index (χ0v) is 12.5. The number of carbonyl (C=O) groups excluding carboxylic acids is 1. The number of hydrogen-bond acceptors (Lipinski definition) is 4. The van der Waals surface area contributed by atoms with Crippen molar-refractivity contribution in [1.82, 2.24) is 15.3 Å². The summed E-state index contributed by atoms with van der Waals surface area (Å²) in [7, 11) is 1.63. The fourth-order valence-electron chi connectivity index (χ4n) is 1.83. The Bertz CT molecular complexity index is 583. The van der Waals surface area contributed by atoms with E-state index in [0.717, 1.165) is 34.1 Å². The van der Waals surface area contributed by atoms with E-state index in [1.807, 2.05) is 18.2 Å². The first-order chi connectivity index (χ1) is 9.72. The van der Waals surface area contributed by atoms with Crippen LogP contribution in [0, 0.1) is 0 Å². The van der Waals surface area contributed by atoms with Crippen LogP contribution in [0.1, 0.15) is 19.2 Å². The number of aromatic amines is 1. The maximum atomic E-state index is 11.6. The lowest BCUT2D eigenvalue weighted by Crippen LogP contribution is -2.23. The molecule has 1 amide bonds. The molecule has 0 saturated carbocycles. The number of aromatic nitrogens is 2. The largest absolute Gasteiger partial charge is 0.497 e. The molecule has 2 aromatic rings. The summed E-state index contributed by atoms with van der Waals surface area (Å²) in [5.41, 5.74) is 1.78. The Morgan fingerprint density at radius 2 is 2.35 bits per heavy atom. The molecule has 2 N–H and O–H groups in total. The van der Waals surface area contributed by atoms with E-state index in [1.54, 1.807) is 18.9 Å². The molecule has 6 heteroatoms. The SMILES string of the molecule is CCSCCC(=O)NCc1nc2ccc(OC)cc2[nH]1. The number of thioether (sulfide) groups is 1. The average Bonchev–Trinajstić information content (AvgIpc) is 2.87. The van der Waals surface area contributed by atoms with Gasteiger partial charge in [-0.2, -0.15) is 11.8 Å². The van der Waals surface area contributed by atoms with Crippen molar-refractivity contribution in [3.8, 4) is 5.75 Å². The quantitative estimate of drug-likeness (QED) is 0.769. The van der Waals surface area contributed by atoms with E-state index in [1.165, 1.54) is 0 Å². The van der Waals surface area contributed by atoms with Crippen molar-refractivity contribution < 1.29 is 9.53 Å². The Kier molecular flexibility index (Phi) is 5.29. The van der Waals surface area contributed by atoms with Gasteiger partial charge in [-0.3, -0.25) is 4.79 Å². The number of amides is 1. The van der Waals surface area contributed by atoms with Gasteiger partial charge in [-0.15, -0.1) is 0 Å². The number of benzene rings is 1. The molecule has 2 rings (SSSR count). The fraction of sp³-hybridized carbons (Fsp3) is 0.429. The monoisotopic (exact) mass is 293 g/mol. The lowest BCUT2D eigenvalue weighted by molar-refractivity contribution is -0.120. The Labute approximate surface area is 122 Å². The number of carbonyl (C=O) groups is 1. The fourth-order valence-corrected chi connectivity index (χ4v) is 2.45. The van der Waals surface area contributed by atoms with Gasteiger partial charge in [0.1, 0.15) is 11.6 Å². The van der Waals surface area contributed by atoms with Gasteiger partial charge in [0.25, 0.3) is 0 Å². The maximum absolute atomic E-state index is 11.6. The second kappa shape index (κ2) is 7.19. The summed E-state index contributed by atoms with van der Waals surface area (Å²) in [5.74, 6) is 3.50. The van der Waals surface area contributed by atoms with Gasteiger partial charge in [-0.1, -0.05) is 6.92 Å². The summed E-state index contributed by atoms with van der Waals surface area (Å²) in [6.07, 6.45) is 0.548. The van der Waals surface area contributed by atoms with Crippen LogP contribution < -0.4 is 10.1 Å². The number of fused-ring (bicyclic) bond motifs is 1. The van der Waals surface area contributed by atoms with Crippen LogP contribution in [-0.4, -0.2) is 34.5 Å². The van der Waals surface area contributed by atoms with Gasteiger partial charge in [0.2, 0.25) is 5.91 Å². The molecule has 0 radical (unpaired) electrons. The predicted molar refractivity (Wildman–Crippen MR) is 82.1 cm³/mol. The molecule has 1 heterocycles. The van der Waals surface area contributed by atoms with E-state index in [9.17, 15) is 4.79 Å². The average molecular weight is 293 g/mol. The van der Waals surface area contributed by atoms with Gasteiger partial charge in [0, 0.05) is 18.2 Å². The molecule has 0 aliphatic rings. The molecule has 0 aliphatic heterocycles. The number of ether oxygens (including phenoxy) is 1. The van der Waals surface area contributed by atoms with Gasteiger partial charge in [-0.25, -0.2) is 4.98 Å². The molecule has 0 bridgehead atoms. The number of imidazole rings is 1. The summed E-state index contributed by atoms with van der Waals surface area (Å²) >= 11 is 1.77. The van der Waals surface area contributed by atoms with Gasteiger partial charge >= 0.3 is 0 Å². The first-order valence-corrected chi connectivity index (χ1v) is 7.75. The minimum absolute atomic E-state index is 0.0592. The van der Waals surface area contributed by atoms with Crippen LogP contribution in [0.2, 0.25) is 0 Å². The summed E-state index contributed by atoms with van der Waals surface area (Å²) < 4.78 is 5.16. The summed E-state index contributed by atoms with van der Waals surface area (Å²) in [5, 5.41) is 2.87. The lowest BCUT2D eigenvalue weighted by Gasteiger charge is -2.02. The zero-order valence-electron chi connectivity index (χ0n) is 11.7. The smallest absolute Gasteiger partial charge is 0.221 e. The summed E-state index contributed by atoms with van der Waals surface area (Å²) in [4.78, 5) is 19.2. The van der Waals surface area contributed by atoms with Crippen molar-refractivity contribution >= 4 is 28.7 Å². The molecular weight excluding hydrogens is 274 g/mol. The standard InChI is InChI=1S/C14H19N3O2S/c1-3-20-7-6-14(18)15-9-13-16-11-5-4-10(19-2)8-12(11)17-13/h4-5,8H,3,6-7,9H2,1-2H3,(H,15,18)(H,16,17). The number of H-pyrrole nitrogens is 1. The lowest BCUT2D eigenvalue weighted by atomic mass is 10.3. The van der Waals surface area contributed by atoms with Crippen LogP contribution in [0.3, 0.4) is 0 Å². The van der Waals surface area contributed by atoms with Crippen LogP contribution in [0.5, 0.6) is 5.75 Å². The first kappa shape index (κ1) is 14.7. The van der Waals surface area contributed by atoms with Gasteiger partial charge in [-0.05, 0) is 17.9 Å².